The molecule has 2 amide bonds. The molecule has 2 aliphatic heterocycles. The molecule has 0 aromatic carbocycles. The van der Waals surface area contributed by atoms with Crippen molar-refractivity contribution < 1.29 is 13.7 Å². The highest BCUT2D eigenvalue weighted by atomic mass is 16.7. The summed E-state index contributed by atoms with van der Waals surface area (Å²) in [4.78, 5) is 19.1. The van der Waals surface area contributed by atoms with Crippen molar-refractivity contribution in [3.63, 3.8) is 0 Å². The van der Waals surface area contributed by atoms with Gasteiger partial charge in [0.2, 0.25) is 0 Å². The highest BCUT2D eigenvalue weighted by Gasteiger charge is 2.41. The third-order valence-corrected chi connectivity index (χ3v) is 2.88. The Kier molecular flexibility index (Phi) is 1.94. The molecule has 3 rings (SSSR count). The maximum atomic E-state index is 12.1. The van der Waals surface area contributed by atoms with Crippen LogP contribution in [0, 0.1) is 0 Å². The van der Waals surface area contributed by atoms with Crippen LogP contribution in [0.4, 0.5) is 4.79 Å². The molecule has 6 heteroatoms. The highest BCUT2D eigenvalue weighted by Crippen LogP contribution is 2.26. The summed E-state index contributed by atoms with van der Waals surface area (Å²) in [6.07, 6.45) is 2.94. The minimum absolute atomic E-state index is 0.153. The van der Waals surface area contributed by atoms with Gasteiger partial charge in [-0.25, -0.2) is 9.48 Å². The lowest BCUT2D eigenvalue weighted by atomic mass is 10.2. The van der Waals surface area contributed by atoms with Gasteiger partial charge in [0.15, 0.2) is 0 Å². The van der Waals surface area contributed by atoms with Gasteiger partial charge in [0, 0.05) is 18.9 Å². The topological polar surface area (TPSA) is 50.6 Å². The quantitative estimate of drug-likeness (QED) is 0.747. The average molecular weight is 249 g/mol. The number of hydrogen-bond acceptors (Lipinski definition) is 3. The van der Waals surface area contributed by atoms with E-state index in [1.807, 2.05) is 0 Å². The van der Waals surface area contributed by atoms with E-state index in [2.05, 4.69) is 11.7 Å². The van der Waals surface area contributed by atoms with E-state index in [9.17, 15) is 4.79 Å². The third-order valence-electron chi connectivity index (χ3n) is 2.88. The fourth-order valence-corrected chi connectivity index (χ4v) is 2.12. The molecule has 1 unspecified atom stereocenters. The Bertz CT molecular complexity index is 643. The van der Waals surface area contributed by atoms with Crippen molar-refractivity contribution in [3.8, 4) is 0 Å². The number of carbonyl (C=O) groups excluding carboxylic acids is 1. The smallest absolute Gasteiger partial charge is 0.314 e. The second-order valence-electron chi connectivity index (χ2n) is 4.06. The van der Waals surface area contributed by atoms with Crippen LogP contribution in [0.3, 0.4) is 0 Å². The molecule has 1 aromatic rings. The van der Waals surface area contributed by atoms with Gasteiger partial charge in [0.1, 0.15) is 0 Å². The minimum atomic E-state index is -0.270. The summed E-state index contributed by atoms with van der Waals surface area (Å²) < 4.78 is 24.1. The van der Waals surface area contributed by atoms with E-state index in [0.717, 1.165) is 0 Å². The Morgan fingerprint density at radius 2 is 2.61 bits per heavy atom. The van der Waals surface area contributed by atoms with Crippen LogP contribution in [0.25, 0.3) is 5.70 Å². The van der Waals surface area contributed by atoms with Crippen LogP contribution in [0.5, 0.6) is 0 Å². The minimum Gasteiger partial charge on any atom is -0.314 e. The van der Waals surface area contributed by atoms with Crippen molar-refractivity contribution >= 4 is 11.7 Å². The number of rotatable bonds is 4. The Labute approximate surface area is 109 Å². The van der Waals surface area contributed by atoms with Crippen LogP contribution in [-0.4, -0.2) is 51.5 Å². The predicted octanol–water partition coefficient (Wildman–Crippen LogP) is 0.961. The second kappa shape index (κ2) is 4.30. The molecular formula is C12H14N4O2. The maximum absolute atomic E-state index is 12.1. The van der Waals surface area contributed by atoms with Crippen LogP contribution in [-0.2, 0) is 4.84 Å². The Hall–Kier alpha value is -2.08. The SMILES string of the molecule is [2H]c1nn(C2=CC3CN(C2)C(=O)N3OCC=C)c([2H])c1[2H]. The molecule has 0 radical (unpaired) electrons. The van der Waals surface area contributed by atoms with E-state index in [-0.39, 0.29) is 43.6 Å². The van der Waals surface area contributed by atoms with Gasteiger partial charge in [-0.1, -0.05) is 6.08 Å². The van der Waals surface area contributed by atoms with Crippen LogP contribution >= 0.6 is 0 Å². The molecule has 2 bridgehead atoms. The second-order valence-corrected chi connectivity index (χ2v) is 4.06. The van der Waals surface area contributed by atoms with E-state index >= 15 is 0 Å². The van der Waals surface area contributed by atoms with Crippen molar-refractivity contribution in [3.05, 3.63) is 37.1 Å². The van der Waals surface area contributed by atoms with Gasteiger partial charge in [-0.05, 0) is 12.1 Å². The molecule has 94 valence electrons. The molecule has 1 saturated heterocycles. The molecule has 1 atom stereocenters. The van der Waals surface area contributed by atoms with Crippen molar-refractivity contribution in [1.29, 1.82) is 0 Å². The van der Waals surface area contributed by atoms with E-state index < -0.39 is 0 Å². The fraction of sp³-hybridized carbons (Fsp3) is 0.333. The standard InChI is InChI=1S/C12H14N4O2/c1-2-6-18-16-11-7-10(15-5-3-4-13-15)8-14(9-11)12(16)17/h2-5,7,11H,1,6,8-9H2/i3D,4D,5D. The first-order valence-electron chi connectivity index (χ1n) is 7.08. The monoisotopic (exact) mass is 249 g/mol. The zero-order valence-corrected chi connectivity index (χ0v) is 9.67. The van der Waals surface area contributed by atoms with E-state index in [0.29, 0.717) is 12.2 Å². The highest BCUT2D eigenvalue weighted by molar-refractivity contribution is 5.80. The first-order valence-corrected chi connectivity index (χ1v) is 5.58. The summed E-state index contributed by atoms with van der Waals surface area (Å²) in [6.45, 7) is 4.56. The van der Waals surface area contributed by atoms with Crippen LogP contribution < -0.4 is 0 Å². The van der Waals surface area contributed by atoms with E-state index in [1.54, 1.807) is 17.1 Å². The molecule has 18 heavy (non-hydrogen) atoms. The summed E-state index contributed by atoms with van der Waals surface area (Å²) in [6, 6.07) is -0.743. The summed E-state index contributed by atoms with van der Waals surface area (Å²) in [5, 5.41) is 5.15. The molecular weight excluding hydrogens is 232 g/mol. The molecule has 0 spiro atoms. The van der Waals surface area contributed by atoms with E-state index in [1.165, 1.54) is 9.75 Å². The Balaban J connectivity index is 1.91. The average Bonchev–Trinajstić information content (AvgIpc) is 2.86. The van der Waals surface area contributed by atoms with Gasteiger partial charge in [0.05, 0.1) is 29.0 Å². The number of nitrogens with zero attached hydrogens (tertiary/aromatic N) is 4. The van der Waals surface area contributed by atoms with Gasteiger partial charge in [-0.3, -0.25) is 4.84 Å². The number of carbonyl (C=O) groups is 1. The first-order chi connectivity index (χ1) is 10.0. The summed E-state index contributed by atoms with van der Waals surface area (Å²) in [7, 11) is 0. The Morgan fingerprint density at radius 3 is 3.33 bits per heavy atom. The van der Waals surface area contributed by atoms with Crippen LogP contribution in [0.15, 0.2) is 37.1 Å². The summed E-state index contributed by atoms with van der Waals surface area (Å²) >= 11 is 0. The van der Waals surface area contributed by atoms with Gasteiger partial charge >= 0.3 is 6.03 Å². The maximum Gasteiger partial charge on any atom is 0.345 e. The van der Waals surface area contributed by atoms with Crippen LogP contribution in [0.2, 0.25) is 0 Å². The van der Waals surface area contributed by atoms with Gasteiger partial charge in [-0.15, -0.1) is 6.58 Å². The summed E-state index contributed by atoms with van der Waals surface area (Å²) in [5.41, 5.74) is 0.598. The molecule has 6 nitrogen and oxygen atoms in total. The van der Waals surface area contributed by atoms with Crippen molar-refractivity contribution in [2.24, 2.45) is 0 Å². The molecule has 3 heterocycles. The first kappa shape index (κ1) is 8.10. The predicted molar refractivity (Wildman–Crippen MR) is 65.2 cm³/mol. The zero-order valence-electron chi connectivity index (χ0n) is 12.7. The number of hydrogen-bond donors (Lipinski definition) is 0. The largest absolute Gasteiger partial charge is 0.345 e. The third kappa shape index (κ3) is 1.70. The van der Waals surface area contributed by atoms with Crippen molar-refractivity contribution in [2.45, 2.75) is 6.04 Å². The molecule has 1 fully saturated rings. The van der Waals surface area contributed by atoms with E-state index in [4.69, 9.17) is 8.95 Å². The molecule has 1 aromatic heterocycles. The molecule has 0 N–H and O–H groups in total. The number of urea groups is 1. The number of aromatic nitrogens is 2. The van der Waals surface area contributed by atoms with Gasteiger partial charge < -0.3 is 4.90 Å². The lowest BCUT2D eigenvalue weighted by Gasteiger charge is -2.21. The molecule has 0 aliphatic carbocycles. The van der Waals surface area contributed by atoms with Gasteiger partial charge in [-0.2, -0.15) is 10.2 Å². The molecule has 0 saturated carbocycles. The van der Waals surface area contributed by atoms with Crippen molar-refractivity contribution in [2.75, 3.05) is 19.7 Å². The number of fused-ring (bicyclic) bond motifs is 2. The number of amides is 2. The lowest BCUT2D eigenvalue weighted by Crippen LogP contribution is -2.33. The van der Waals surface area contributed by atoms with Crippen molar-refractivity contribution in [1.82, 2.24) is 19.7 Å². The fourth-order valence-electron chi connectivity index (χ4n) is 2.12. The lowest BCUT2D eigenvalue weighted by molar-refractivity contribution is -0.107. The Morgan fingerprint density at radius 1 is 1.72 bits per heavy atom. The molecule has 2 aliphatic rings. The van der Waals surface area contributed by atoms with Gasteiger partial charge in [0.25, 0.3) is 0 Å². The summed E-state index contributed by atoms with van der Waals surface area (Å²) in [5.74, 6) is 0. The normalized spacial score (nSPS) is 24.7. The van der Waals surface area contributed by atoms with Crippen LogP contribution in [0.1, 0.15) is 4.11 Å². The number of hydroxylamine groups is 2. The zero-order chi connectivity index (χ0) is 15.1.